The summed E-state index contributed by atoms with van der Waals surface area (Å²) in [6.07, 6.45) is 8.49. The quantitative estimate of drug-likeness (QED) is 0.642. The Hall–Kier alpha value is -3.74. The molecule has 2 amide bonds. The Bertz CT molecular complexity index is 1050. The Kier molecular flexibility index (Phi) is 6.52. The van der Waals surface area contributed by atoms with Crippen molar-refractivity contribution in [3.05, 3.63) is 83.8 Å². The van der Waals surface area contributed by atoms with E-state index in [-0.39, 0.29) is 11.8 Å². The van der Waals surface area contributed by atoms with Crippen LogP contribution in [0.25, 0.3) is 0 Å². The van der Waals surface area contributed by atoms with Crippen LogP contribution in [0.3, 0.4) is 0 Å². The summed E-state index contributed by atoms with van der Waals surface area (Å²) in [4.78, 5) is 35.9. The van der Waals surface area contributed by atoms with Crippen LogP contribution in [-0.2, 0) is 6.54 Å². The van der Waals surface area contributed by atoms with Crippen LogP contribution in [0.5, 0.6) is 0 Å². The zero-order valence-corrected chi connectivity index (χ0v) is 17.3. The monoisotopic (exact) mass is 415 g/mol. The van der Waals surface area contributed by atoms with Gasteiger partial charge in [-0.05, 0) is 55.7 Å². The van der Waals surface area contributed by atoms with Crippen molar-refractivity contribution < 1.29 is 9.59 Å². The van der Waals surface area contributed by atoms with Crippen molar-refractivity contribution in [3.8, 4) is 0 Å². The number of anilines is 2. The van der Waals surface area contributed by atoms with E-state index in [9.17, 15) is 9.59 Å². The van der Waals surface area contributed by atoms with Crippen LogP contribution < -0.4 is 15.5 Å². The van der Waals surface area contributed by atoms with Crippen LogP contribution in [0.1, 0.15) is 45.5 Å². The molecule has 31 heavy (non-hydrogen) atoms. The van der Waals surface area contributed by atoms with Crippen LogP contribution >= 0.6 is 0 Å². The number of amides is 2. The lowest BCUT2D eigenvalue weighted by Gasteiger charge is -2.29. The average molecular weight is 415 g/mol. The number of piperidine rings is 1. The van der Waals surface area contributed by atoms with Gasteiger partial charge < -0.3 is 15.5 Å². The first-order chi connectivity index (χ1) is 15.2. The van der Waals surface area contributed by atoms with Gasteiger partial charge in [0.15, 0.2) is 0 Å². The van der Waals surface area contributed by atoms with Crippen LogP contribution in [0.15, 0.2) is 67.1 Å². The lowest BCUT2D eigenvalue weighted by molar-refractivity contribution is 0.0949. The van der Waals surface area contributed by atoms with E-state index in [2.05, 4.69) is 25.5 Å². The van der Waals surface area contributed by atoms with Gasteiger partial charge in [0.25, 0.3) is 11.8 Å². The van der Waals surface area contributed by atoms with Gasteiger partial charge in [-0.25, -0.2) is 4.98 Å². The Labute approximate surface area is 181 Å². The van der Waals surface area contributed by atoms with Gasteiger partial charge in [0.05, 0.1) is 5.56 Å². The summed E-state index contributed by atoms with van der Waals surface area (Å²) < 4.78 is 0. The number of hydrogen-bond acceptors (Lipinski definition) is 5. The zero-order valence-electron chi connectivity index (χ0n) is 17.3. The first-order valence-corrected chi connectivity index (χ1v) is 10.5. The Morgan fingerprint density at radius 2 is 1.71 bits per heavy atom. The fourth-order valence-electron chi connectivity index (χ4n) is 3.67. The van der Waals surface area contributed by atoms with Crippen molar-refractivity contribution in [1.29, 1.82) is 0 Å². The van der Waals surface area contributed by atoms with Gasteiger partial charge in [-0.2, -0.15) is 0 Å². The molecule has 7 heteroatoms. The molecule has 1 fully saturated rings. The van der Waals surface area contributed by atoms with E-state index in [0.717, 1.165) is 24.5 Å². The molecule has 0 aliphatic carbocycles. The maximum atomic E-state index is 12.7. The van der Waals surface area contributed by atoms with Gasteiger partial charge in [-0.15, -0.1) is 0 Å². The molecule has 2 N–H and O–H groups in total. The minimum Gasteiger partial charge on any atom is -0.356 e. The molecule has 2 aromatic heterocycles. The maximum absolute atomic E-state index is 12.7. The highest BCUT2D eigenvalue weighted by Crippen LogP contribution is 2.21. The second kappa shape index (κ2) is 9.84. The van der Waals surface area contributed by atoms with Crippen LogP contribution in [0, 0.1) is 0 Å². The molecular formula is C24H25N5O2. The van der Waals surface area contributed by atoms with Gasteiger partial charge >= 0.3 is 0 Å². The molecule has 1 saturated heterocycles. The summed E-state index contributed by atoms with van der Waals surface area (Å²) in [7, 11) is 0. The topological polar surface area (TPSA) is 87.2 Å². The smallest absolute Gasteiger partial charge is 0.257 e. The summed E-state index contributed by atoms with van der Waals surface area (Å²) in [6, 6.07) is 14.2. The van der Waals surface area contributed by atoms with Gasteiger partial charge in [0.2, 0.25) is 0 Å². The number of hydrogen-bond donors (Lipinski definition) is 2. The van der Waals surface area contributed by atoms with Crippen LogP contribution in [0.2, 0.25) is 0 Å². The molecule has 0 spiro atoms. The highest BCUT2D eigenvalue weighted by molar-refractivity contribution is 6.04. The molecule has 0 unspecified atom stereocenters. The number of nitrogens with zero attached hydrogens (tertiary/aromatic N) is 3. The number of pyridine rings is 2. The lowest BCUT2D eigenvalue weighted by atomic mass is 10.1. The molecule has 0 radical (unpaired) electrons. The lowest BCUT2D eigenvalue weighted by Crippen LogP contribution is -2.32. The predicted octanol–water partition coefficient (Wildman–Crippen LogP) is 3.65. The number of carbonyl (C=O) groups is 2. The summed E-state index contributed by atoms with van der Waals surface area (Å²) in [6.45, 7) is 2.39. The Balaban J connectivity index is 1.41. The third kappa shape index (κ3) is 5.25. The van der Waals surface area contributed by atoms with E-state index in [4.69, 9.17) is 0 Å². The van der Waals surface area contributed by atoms with E-state index in [1.54, 1.807) is 48.8 Å². The molecule has 158 valence electrons. The highest BCUT2D eigenvalue weighted by atomic mass is 16.2. The third-order valence-electron chi connectivity index (χ3n) is 5.27. The van der Waals surface area contributed by atoms with E-state index in [0.29, 0.717) is 23.4 Å². The maximum Gasteiger partial charge on any atom is 0.257 e. The second-order valence-corrected chi connectivity index (χ2v) is 7.49. The van der Waals surface area contributed by atoms with Gasteiger partial charge in [0.1, 0.15) is 5.82 Å². The summed E-state index contributed by atoms with van der Waals surface area (Å²) in [5.41, 5.74) is 2.49. The molecular weight excluding hydrogens is 390 g/mol. The Morgan fingerprint density at radius 1 is 0.903 bits per heavy atom. The highest BCUT2D eigenvalue weighted by Gasteiger charge is 2.16. The fourth-order valence-corrected chi connectivity index (χ4v) is 3.67. The molecule has 0 atom stereocenters. The minimum atomic E-state index is -0.271. The van der Waals surface area contributed by atoms with Crippen molar-refractivity contribution in [2.24, 2.45) is 0 Å². The van der Waals surface area contributed by atoms with Gasteiger partial charge in [0, 0.05) is 55.0 Å². The summed E-state index contributed by atoms with van der Waals surface area (Å²) in [5.74, 6) is 0.470. The molecule has 1 aromatic carbocycles. The molecule has 3 heterocycles. The number of nitrogens with one attached hydrogen (secondary N) is 2. The molecule has 1 aliphatic rings. The van der Waals surface area contributed by atoms with Crippen molar-refractivity contribution in [2.45, 2.75) is 25.8 Å². The van der Waals surface area contributed by atoms with Crippen molar-refractivity contribution in [1.82, 2.24) is 15.3 Å². The van der Waals surface area contributed by atoms with E-state index < -0.39 is 0 Å². The average Bonchev–Trinajstić information content (AvgIpc) is 2.84. The normalized spacial score (nSPS) is 13.5. The predicted molar refractivity (Wildman–Crippen MR) is 120 cm³/mol. The summed E-state index contributed by atoms with van der Waals surface area (Å²) >= 11 is 0. The van der Waals surface area contributed by atoms with E-state index >= 15 is 0 Å². The number of aromatic nitrogens is 2. The van der Waals surface area contributed by atoms with Crippen molar-refractivity contribution >= 4 is 23.3 Å². The van der Waals surface area contributed by atoms with E-state index in [1.165, 1.54) is 25.5 Å². The zero-order chi connectivity index (χ0) is 21.5. The van der Waals surface area contributed by atoms with Gasteiger partial charge in [-0.3, -0.25) is 14.6 Å². The summed E-state index contributed by atoms with van der Waals surface area (Å²) in [5, 5.41) is 5.78. The van der Waals surface area contributed by atoms with Crippen LogP contribution in [0.4, 0.5) is 11.5 Å². The molecule has 0 bridgehead atoms. The standard InChI is InChI=1S/C24H25N5O2/c30-23(27-17-19-8-6-12-26-22(19)29-13-2-1-3-14-29)18-7-4-10-21(15-18)28-24(31)20-9-5-11-25-16-20/h4-12,15-16H,1-3,13-14,17H2,(H,27,30)(H,28,31). The fraction of sp³-hybridized carbons (Fsp3) is 0.250. The molecule has 7 nitrogen and oxygen atoms in total. The molecule has 3 aromatic rings. The SMILES string of the molecule is O=C(NCc1cccnc1N1CCCCC1)c1cccc(NC(=O)c2cccnc2)c1. The second-order valence-electron chi connectivity index (χ2n) is 7.49. The largest absolute Gasteiger partial charge is 0.356 e. The first-order valence-electron chi connectivity index (χ1n) is 10.5. The number of rotatable bonds is 6. The molecule has 0 saturated carbocycles. The van der Waals surface area contributed by atoms with Crippen molar-refractivity contribution in [3.63, 3.8) is 0 Å². The van der Waals surface area contributed by atoms with Crippen LogP contribution in [-0.4, -0.2) is 34.9 Å². The minimum absolute atomic E-state index is 0.203. The molecule has 1 aliphatic heterocycles. The molecule has 4 rings (SSSR count). The third-order valence-corrected chi connectivity index (χ3v) is 5.27. The van der Waals surface area contributed by atoms with Crippen molar-refractivity contribution in [2.75, 3.05) is 23.3 Å². The van der Waals surface area contributed by atoms with E-state index in [1.807, 2.05) is 12.1 Å². The Morgan fingerprint density at radius 3 is 2.52 bits per heavy atom. The number of carbonyl (C=O) groups excluding carboxylic acids is 2. The first kappa shape index (κ1) is 20.5. The number of benzene rings is 1. The van der Waals surface area contributed by atoms with Gasteiger partial charge in [-0.1, -0.05) is 12.1 Å².